The Kier molecular flexibility index (Phi) is 8.37. The molecule has 1 amide bonds. The number of halogens is 1. The van der Waals surface area contributed by atoms with Crippen LogP contribution in [-0.4, -0.2) is 39.3 Å². The lowest BCUT2D eigenvalue weighted by molar-refractivity contribution is -0.121. The summed E-state index contributed by atoms with van der Waals surface area (Å²) in [5.74, 6) is 0.919. The van der Waals surface area contributed by atoms with E-state index in [0.717, 1.165) is 38.2 Å². The van der Waals surface area contributed by atoms with E-state index < -0.39 is 0 Å². The third-order valence-electron chi connectivity index (χ3n) is 4.38. The number of ether oxygens (including phenoxy) is 2. The van der Waals surface area contributed by atoms with Crippen molar-refractivity contribution in [2.75, 3.05) is 33.4 Å². The molecule has 1 aromatic rings. The third-order valence-corrected chi connectivity index (χ3v) is 4.38. The van der Waals surface area contributed by atoms with E-state index in [1.54, 1.807) is 7.11 Å². The lowest BCUT2D eigenvalue weighted by atomic mass is 9.74. The van der Waals surface area contributed by atoms with Gasteiger partial charge in [0.1, 0.15) is 5.75 Å². The van der Waals surface area contributed by atoms with E-state index in [4.69, 9.17) is 15.2 Å². The zero-order valence-electron chi connectivity index (χ0n) is 13.7. The number of benzene rings is 1. The van der Waals surface area contributed by atoms with Crippen LogP contribution < -0.4 is 15.8 Å². The van der Waals surface area contributed by atoms with E-state index >= 15 is 0 Å². The molecule has 6 heteroatoms. The quantitative estimate of drug-likeness (QED) is 0.795. The number of amides is 1. The topological polar surface area (TPSA) is 73.6 Å². The highest BCUT2D eigenvalue weighted by molar-refractivity contribution is 5.85. The minimum absolute atomic E-state index is 0. The van der Waals surface area contributed by atoms with Gasteiger partial charge in [0.2, 0.25) is 5.91 Å². The molecule has 1 saturated heterocycles. The van der Waals surface area contributed by atoms with E-state index in [1.165, 1.54) is 5.56 Å². The number of carbonyl (C=O) groups is 1. The molecule has 0 unspecified atom stereocenters. The van der Waals surface area contributed by atoms with Crippen LogP contribution in [0.2, 0.25) is 0 Å². The summed E-state index contributed by atoms with van der Waals surface area (Å²) in [4.78, 5) is 11.9. The van der Waals surface area contributed by atoms with Crippen molar-refractivity contribution in [1.29, 1.82) is 0 Å². The summed E-state index contributed by atoms with van der Waals surface area (Å²) in [6.45, 7) is 2.65. The van der Waals surface area contributed by atoms with Crippen molar-refractivity contribution in [1.82, 2.24) is 5.32 Å². The summed E-state index contributed by atoms with van der Waals surface area (Å²) in [7, 11) is 1.66. The highest BCUT2D eigenvalue weighted by atomic mass is 35.5. The number of nitrogens with two attached hydrogens (primary N) is 1. The van der Waals surface area contributed by atoms with E-state index in [1.807, 2.05) is 12.1 Å². The molecule has 0 spiro atoms. The van der Waals surface area contributed by atoms with Crippen LogP contribution in [0.5, 0.6) is 5.75 Å². The molecule has 0 aliphatic carbocycles. The van der Waals surface area contributed by atoms with Crippen molar-refractivity contribution in [3.63, 3.8) is 0 Å². The molecule has 23 heavy (non-hydrogen) atoms. The first kappa shape index (κ1) is 19.7. The van der Waals surface area contributed by atoms with Gasteiger partial charge in [-0.05, 0) is 43.5 Å². The smallest absolute Gasteiger partial charge is 0.220 e. The maximum Gasteiger partial charge on any atom is 0.220 e. The molecule has 0 radical (unpaired) electrons. The van der Waals surface area contributed by atoms with E-state index in [0.29, 0.717) is 19.5 Å². The average Bonchev–Trinajstić information content (AvgIpc) is 2.59. The van der Waals surface area contributed by atoms with Gasteiger partial charge in [-0.15, -0.1) is 12.4 Å². The number of nitrogens with one attached hydrogen (secondary N) is 1. The van der Waals surface area contributed by atoms with Gasteiger partial charge < -0.3 is 20.5 Å². The van der Waals surface area contributed by atoms with Gasteiger partial charge in [0, 0.05) is 31.6 Å². The highest BCUT2D eigenvalue weighted by Gasteiger charge is 2.34. The first-order chi connectivity index (χ1) is 10.7. The summed E-state index contributed by atoms with van der Waals surface area (Å²) < 4.78 is 10.7. The molecule has 1 heterocycles. The number of hydrogen-bond donors (Lipinski definition) is 2. The van der Waals surface area contributed by atoms with Gasteiger partial charge in [-0.2, -0.15) is 0 Å². The van der Waals surface area contributed by atoms with Crippen molar-refractivity contribution in [2.24, 2.45) is 5.73 Å². The first-order valence-corrected chi connectivity index (χ1v) is 7.89. The largest absolute Gasteiger partial charge is 0.497 e. The SMILES string of the molecule is COc1ccc(C2(CNC(=O)CCCN)CCOCC2)cc1.Cl. The van der Waals surface area contributed by atoms with Gasteiger partial charge in [-0.25, -0.2) is 0 Å². The minimum atomic E-state index is -0.0527. The van der Waals surface area contributed by atoms with Crippen LogP contribution in [0, 0.1) is 0 Å². The molecule has 1 fully saturated rings. The van der Waals surface area contributed by atoms with Crippen LogP contribution >= 0.6 is 12.4 Å². The van der Waals surface area contributed by atoms with Crippen LogP contribution in [0.4, 0.5) is 0 Å². The average molecular weight is 343 g/mol. The van der Waals surface area contributed by atoms with E-state index in [2.05, 4.69) is 17.4 Å². The molecule has 5 nitrogen and oxygen atoms in total. The van der Waals surface area contributed by atoms with Crippen LogP contribution in [-0.2, 0) is 14.9 Å². The Morgan fingerprint density at radius 3 is 2.52 bits per heavy atom. The maximum absolute atomic E-state index is 11.9. The molecule has 0 saturated carbocycles. The number of carbonyl (C=O) groups excluding carboxylic acids is 1. The van der Waals surface area contributed by atoms with E-state index in [9.17, 15) is 4.79 Å². The molecule has 1 aliphatic rings. The van der Waals surface area contributed by atoms with Crippen molar-refractivity contribution in [3.05, 3.63) is 29.8 Å². The Morgan fingerprint density at radius 2 is 1.96 bits per heavy atom. The zero-order valence-corrected chi connectivity index (χ0v) is 14.5. The zero-order chi connectivity index (χ0) is 15.8. The number of rotatable bonds is 7. The molecule has 0 bridgehead atoms. The van der Waals surface area contributed by atoms with Gasteiger partial charge in [0.15, 0.2) is 0 Å². The third kappa shape index (κ3) is 5.37. The molecular formula is C17H27ClN2O3. The monoisotopic (exact) mass is 342 g/mol. The molecule has 130 valence electrons. The van der Waals surface area contributed by atoms with Crippen molar-refractivity contribution >= 4 is 18.3 Å². The fraction of sp³-hybridized carbons (Fsp3) is 0.588. The Labute approximate surface area is 144 Å². The first-order valence-electron chi connectivity index (χ1n) is 7.89. The second-order valence-electron chi connectivity index (χ2n) is 5.79. The Hall–Kier alpha value is -1.30. The fourth-order valence-electron chi connectivity index (χ4n) is 2.89. The van der Waals surface area contributed by atoms with Crippen molar-refractivity contribution in [2.45, 2.75) is 31.1 Å². The van der Waals surface area contributed by atoms with E-state index in [-0.39, 0.29) is 23.7 Å². The molecule has 1 aliphatic heterocycles. The minimum Gasteiger partial charge on any atom is -0.497 e. The van der Waals surface area contributed by atoms with Crippen LogP contribution in [0.15, 0.2) is 24.3 Å². The van der Waals surface area contributed by atoms with Gasteiger partial charge in [0.25, 0.3) is 0 Å². The molecule has 1 aromatic carbocycles. The standard InChI is InChI=1S/C17H26N2O3.ClH/c1-21-15-6-4-14(5-7-15)17(8-11-22-12-9-17)13-19-16(20)3-2-10-18;/h4-7H,2-3,8-13,18H2,1H3,(H,19,20);1H. The molecule has 0 aromatic heterocycles. The van der Waals surface area contributed by atoms with Gasteiger partial charge in [0.05, 0.1) is 7.11 Å². The van der Waals surface area contributed by atoms with Crippen molar-refractivity contribution in [3.8, 4) is 5.75 Å². The predicted molar refractivity (Wildman–Crippen MR) is 93.3 cm³/mol. The second-order valence-corrected chi connectivity index (χ2v) is 5.79. The lowest BCUT2D eigenvalue weighted by Crippen LogP contribution is -2.44. The second kappa shape index (κ2) is 9.75. The highest BCUT2D eigenvalue weighted by Crippen LogP contribution is 2.35. The molecular weight excluding hydrogens is 316 g/mol. The van der Waals surface area contributed by atoms with Gasteiger partial charge >= 0.3 is 0 Å². The van der Waals surface area contributed by atoms with Gasteiger partial charge in [-0.3, -0.25) is 4.79 Å². The summed E-state index contributed by atoms with van der Waals surface area (Å²) in [6, 6.07) is 8.14. The molecule has 3 N–H and O–H groups in total. The van der Waals surface area contributed by atoms with Gasteiger partial charge in [-0.1, -0.05) is 12.1 Å². The summed E-state index contributed by atoms with van der Waals surface area (Å²) in [5, 5.41) is 3.07. The summed E-state index contributed by atoms with van der Waals surface area (Å²) >= 11 is 0. The molecule has 2 rings (SSSR count). The fourth-order valence-corrected chi connectivity index (χ4v) is 2.89. The van der Waals surface area contributed by atoms with Crippen LogP contribution in [0.3, 0.4) is 0 Å². The summed E-state index contributed by atoms with van der Waals surface area (Å²) in [5.41, 5.74) is 6.63. The number of methoxy groups -OCH3 is 1. The molecule has 0 atom stereocenters. The number of hydrogen-bond acceptors (Lipinski definition) is 4. The Balaban J connectivity index is 0.00000264. The predicted octanol–water partition coefficient (Wildman–Crippen LogP) is 2.02. The lowest BCUT2D eigenvalue weighted by Gasteiger charge is -2.38. The Morgan fingerprint density at radius 1 is 1.30 bits per heavy atom. The maximum atomic E-state index is 11.9. The van der Waals surface area contributed by atoms with Crippen molar-refractivity contribution < 1.29 is 14.3 Å². The van der Waals surface area contributed by atoms with Crippen LogP contribution in [0.1, 0.15) is 31.2 Å². The van der Waals surface area contributed by atoms with Crippen LogP contribution in [0.25, 0.3) is 0 Å². The Bertz CT molecular complexity index is 473. The summed E-state index contributed by atoms with van der Waals surface area (Å²) in [6.07, 6.45) is 3.04. The normalized spacial score (nSPS) is 16.3.